The lowest BCUT2D eigenvalue weighted by Crippen LogP contribution is -2.49. The Morgan fingerprint density at radius 3 is 2.31 bits per heavy atom. The molecular weight excluding hydrogens is 393 g/mol. The number of methoxy groups -OCH3 is 1. The Morgan fingerprint density at radius 2 is 1.69 bits per heavy atom. The quantitative estimate of drug-likeness (QED) is 0.690. The first-order valence-electron chi connectivity index (χ1n) is 9.70. The van der Waals surface area contributed by atoms with Crippen LogP contribution < -0.4 is 4.74 Å². The molecule has 1 aliphatic heterocycles. The molecule has 1 heterocycles. The number of nitrogens with zero attached hydrogens (tertiary/aromatic N) is 3. The van der Waals surface area contributed by atoms with E-state index < -0.39 is 5.82 Å². The van der Waals surface area contributed by atoms with E-state index in [1.807, 2.05) is 12.1 Å². The minimum atomic E-state index is -0.414. The number of likely N-dealkylation sites (N-methyl/N-ethyl adjacent to an activating group) is 1. The van der Waals surface area contributed by atoms with Crippen molar-refractivity contribution in [3.05, 3.63) is 64.4 Å². The molecule has 0 saturated carbocycles. The van der Waals surface area contributed by atoms with Gasteiger partial charge in [-0.2, -0.15) is 0 Å². The van der Waals surface area contributed by atoms with E-state index >= 15 is 0 Å². The maximum atomic E-state index is 13.8. The molecule has 1 amide bonds. The standard InChI is InChI=1S/C22H27ClFN3O2/c1-25(14-18-5-8-21(29-2)20(24)13-18)22(28)16-27-11-9-26(10-12-27)15-17-3-6-19(23)7-4-17/h3-8,13H,9-12,14-16H2,1-2H3. The Labute approximate surface area is 176 Å². The summed E-state index contributed by atoms with van der Waals surface area (Å²) in [5.74, 6) is -0.172. The van der Waals surface area contributed by atoms with Crippen molar-refractivity contribution < 1.29 is 13.9 Å². The van der Waals surface area contributed by atoms with Crippen LogP contribution in [0.2, 0.25) is 5.02 Å². The zero-order chi connectivity index (χ0) is 20.8. The van der Waals surface area contributed by atoms with E-state index in [4.69, 9.17) is 16.3 Å². The van der Waals surface area contributed by atoms with E-state index in [2.05, 4.69) is 21.9 Å². The van der Waals surface area contributed by atoms with Crippen molar-refractivity contribution in [3.8, 4) is 5.75 Å². The number of ether oxygens (including phenoxy) is 1. The van der Waals surface area contributed by atoms with Gasteiger partial charge in [0.25, 0.3) is 0 Å². The van der Waals surface area contributed by atoms with Crippen LogP contribution in [0.4, 0.5) is 4.39 Å². The fraction of sp³-hybridized carbons (Fsp3) is 0.409. The van der Waals surface area contributed by atoms with Crippen LogP contribution in [0.3, 0.4) is 0 Å². The summed E-state index contributed by atoms with van der Waals surface area (Å²) in [4.78, 5) is 18.8. The third-order valence-electron chi connectivity index (χ3n) is 5.20. The highest BCUT2D eigenvalue weighted by Gasteiger charge is 2.21. The van der Waals surface area contributed by atoms with E-state index in [-0.39, 0.29) is 11.7 Å². The van der Waals surface area contributed by atoms with Crippen LogP contribution in [0.25, 0.3) is 0 Å². The van der Waals surface area contributed by atoms with Crippen LogP contribution in [0.1, 0.15) is 11.1 Å². The summed E-state index contributed by atoms with van der Waals surface area (Å²) >= 11 is 5.94. The number of rotatable bonds is 7. The van der Waals surface area contributed by atoms with Crippen LogP contribution in [0.5, 0.6) is 5.75 Å². The minimum Gasteiger partial charge on any atom is -0.494 e. The molecule has 0 aromatic heterocycles. The van der Waals surface area contributed by atoms with Crippen LogP contribution in [-0.4, -0.2) is 67.5 Å². The van der Waals surface area contributed by atoms with Gasteiger partial charge in [-0.15, -0.1) is 0 Å². The maximum absolute atomic E-state index is 13.8. The second kappa shape index (κ2) is 10.1. The number of hydrogen-bond donors (Lipinski definition) is 0. The lowest BCUT2D eigenvalue weighted by molar-refractivity contribution is -0.132. The molecule has 0 radical (unpaired) electrons. The number of carbonyl (C=O) groups is 1. The van der Waals surface area contributed by atoms with Gasteiger partial charge >= 0.3 is 0 Å². The van der Waals surface area contributed by atoms with Crippen molar-refractivity contribution in [2.75, 3.05) is 46.9 Å². The molecule has 1 aliphatic rings. The molecule has 2 aromatic carbocycles. The first-order chi connectivity index (χ1) is 13.9. The first-order valence-corrected chi connectivity index (χ1v) is 10.1. The molecule has 0 spiro atoms. The lowest BCUT2D eigenvalue weighted by Gasteiger charge is -2.35. The summed E-state index contributed by atoms with van der Waals surface area (Å²) in [6, 6.07) is 12.7. The highest BCUT2D eigenvalue weighted by Crippen LogP contribution is 2.18. The molecule has 29 heavy (non-hydrogen) atoms. The zero-order valence-corrected chi connectivity index (χ0v) is 17.7. The average molecular weight is 420 g/mol. The molecule has 0 unspecified atom stereocenters. The Hall–Kier alpha value is -2.15. The summed E-state index contributed by atoms with van der Waals surface area (Å²) in [6.07, 6.45) is 0. The van der Waals surface area contributed by atoms with E-state index in [1.165, 1.54) is 18.7 Å². The van der Waals surface area contributed by atoms with Gasteiger partial charge in [0.05, 0.1) is 13.7 Å². The number of carbonyl (C=O) groups excluding carboxylic acids is 1. The van der Waals surface area contributed by atoms with Gasteiger partial charge in [-0.05, 0) is 35.4 Å². The molecule has 5 nitrogen and oxygen atoms in total. The van der Waals surface area contributed by atoms with Gasteiger partial charge in [0, 0.05) is 51.3 Å². The molecule has 0 aliphatic carbocycles. The molecule has 0 N–H and O–H groups in total. The predicted octanol–water partition coefficient (Wildman–Crippen LogP) is 3.26. The van der Waals surface area contributed by atoms with Crippen LogP contribution in [0, 0.1) is 5.82 Å². The highest BCUT2D eigenvalue weighted by molar-refractivity contribution is 6.30. The second-order valence-electron chi connectivity index (χ2n) is 7.40. The van der Waals surface area contributed by atoms with Gasteiger partial charge in [-0.25, -0.2) is 4.39 Å². The van der Waals surface area contributed by atoms with Crippen molar-refractivity contribution in [1.82, 2.24) is 14.7 Å². The van der Waals surface area contributed by atoms with Gasteiger partial charge in [0.1, 0.15) is 0 Å². The third kappa shape index (κ3) is 6.16. The highest BCUT2D eigenvalue weighted by atomic mass is 35.5. The fourth-order valence-corrected chi connectivity index (χ4v) is 3.56. The summed E-state index contributed by atoms with van der Waals surface area (Å²) in [7, 11) is 3.18. The average Bonchev–Trinajstić information content (AvgIpc) is 2.71. The van der Waals surface area contributed by atoms with Gasteiger partial charge < -0.3 is 9.64 Å². The second-order valence-corrected chi connectivity index (χ2v) is 7.83. The van der Waals surface area contributed by atoms with E-state index in [0.717, 1.165) is 43.3 Å². The molecule has 1 saturated heterocycles. The van der Waals surface area contributed by atoms with Crippen molar-refractivity contribution in [1.29, 1.82) is 0 Å². The minimum absolute atomic E-state index is 0.0346. The SMILES string of the molecule is COc1ccc(CN(C)C(=O)CN2CCN(Cc3ccc(Cl)cc3)CC2)cc1F. The number of hydrogen-bond acceptors (Lipinski definition) is 4. The fourth-order valence-electron chi connectivity index (χ4n) is 3.44. The van der Waals surface area contributed by atoms with Crippen LogP contribution in [-0.2, 0) is 17.9 Å². The van der Waals surface area contributed by atoms with E-state index in [0.29, 0.717) is 13.1 Å². The Kier molecular flexibility index (Phi) is 7.47. The molecule has 3 rings (SSSR count). The normalized spacial score (nSPS) is 15.3. The topological polar surface area (TPSA) is 36.0 Å². The monoisotopic (exact) mass is 419 g/mol. The van der Waals surface area contributed by atoms with Gasteiger partial charge in [0.15, 0.2) is 11.6 Å². The van der Waals surface area contributed by atoms with Gasteiger partial charge in [-0.1, -0.05) is 29.8 Å². The number of amides is 1. The number of piperazine rings is 1. The summed E-state index contributed by atoms with van der Waals surface area (Å²) in [5, 5.41) is 0.749. The Balaban J connectivity index is 1.44. The lowest BCUT2D eigenvalue weighted by atomic mass is 10.2. The first kappa shape index (κ1) is 21.6. The van der Waals surface area contributed by atoms with Crippen molar-refractivity contribution in [2.24, 2.45) is 0 Å². The van der Waals surface area contributed by atoms with Gasteiger partial charge in [-0.3, -0.25) is 14.6 Å². The summed E-state index contributed by atoms with van der Waals surface area (Å²) in [6.45, 7) is 5.18. The Bertz CT molecular complexity index is 823. The number of halogens is 2. The van der Waals surface area contributed by atoms with Crippen LogP contribution in [0.15, 0.2) is 42.5 Å². The predicted molar refractivity (Wildman–Crippen MR) is 113 cm³/mol. The molecule has 0 bridgehead atoms. The molecule has 7 heteroatoms. The largest absolute Gasteiger partial charge is 0.494 e. The smallest absolute Gasteiger partial charge is 0.236 e. The molecule has 2 aromatic rings. The molecule has 1 fully saturated rings. The summed E-state index contributed by atoms with van der Waals surface area (Å²) in [5.41, 5.74) is 1.98. The van der Waals surface area contributed by atoms with Crippen LogP contribution >= 0.6 is 11.6 Å². The van der Waals surface area contributed by atoms with Crippen molar-refractivity contribution in [2.45, 2.75) is 13.1 Å². The Morgan fingerprint density at radius 1 is 1.07 bits per heavy atom. The maximum Gasteiger partial charge on any atom is 0.236 e. The third-order valence-corrected chi connectivity index (χ3v) is 5.46. The molecule has 156 valence electrons. The van der Waals surface area contributed by atoms with E-state index in [9.17, 15) is 9.18 Å². The molecular formula is C22H27ClFN3O2. The molecule has 0 atom stereocenters. The van der Waals surface area contributed by atoms with Gasteiger partial charge in [0.2, 0.25) is 5.91 Å². The van der Waals surface area contributed by atoms with E-state index in [1.54, 1.807) is 24.1 Å². The van der Waals surface area contributed by atoms with Crippen molar-refractivity contribution in [3.63, 3.8) is 0 Å². The number of benzene rings is 2. The summed E-state index contributed by atoms with van der Waals surface area (Å²) < 4.78 is 18.8. The van der Waals surface area contributed by atoms with Crippen molar-refractivity contribution >= 4 is 17.5 Å². The zero-order valence-electron chi connectivity index (χ0n) is 16.9.